The third-order valence-electron chi connectivity index (χ3n) is 3.47. The summed E-state index contributed by atoms with van der Waals surface area (Å²) in [5, 5.41) is 20.3. The lowest BCUT2D eigenvalue weighted by atomic mass is 10.2. The van der Waals surface area contributed by atoms with Crippen LogP contribution in [0.2, 0.25) is 0 Å². The van der Waals surface area contributed by atoms with E-state index in [0.717, 1.165) is 11.4 Å². The van der Waals surface area contributed by atoms with Crippen LogP contribution in [0.3, 0.4) is 0 Å². The Morgan fingerprint density at radius 1 is 1.31 bits per heavy atom. The molecule has 0 bridgehead atoms. The number of nitriles is 1. The first-order chi connectivity index (χ1) is 12.7. The molecule has 0 atom stereocenters. The summed E-state index contributed by atoms with van der Waals surface area (Å²) < 4.78 is 6.95. The summed E-state index contributed by atoms with van der Waals surface area (Å²) in [5.74, 6) is 0.746. The maximum absolute atomic E-state index is 12.1. The van der Waals surface area contributed by atoms with Gasteiger partial charge >= 0.3 is 0 Å². The van der Waals surface area contributed by atoms with Crippen LogP contribution >= 0.6 is 11.8 Å². The van der Waals surface area contributed by atoms with Gasteiger partial charge in [0.1, 0.15) is 12.1 Å². The highest BCUT2D eigenvalue weighted by Gasteiger charge is 2.11. The molecule has 3 rings (SSSR count). The number of carbonyl (C=O) groups excluding carboxylic acids is 1. The number of carbonyl (C=O) groups is 1. The van der Waals surface area contributed by atoms with Crippen LogP contribution in [0.25, 0.3) is 5.69 Å². The predicted octanol–water partition coefficient (Wildman–Crippen LogP) is 2.88. The minimum Gasteiger partial charge on any atom is -0.497 e. The van der Waals surface area contributed by atoms with Gasteiger partial charge in [0, 0.05) is 11.4 Å². The summed E-state index contributed by atoms with van der Waals surface area (Å²) in [6, 6.07) is 16.3. The number of anilines is 1. The predicted molar refractivity (Wildman–Crippen MR) is 98.4 cm³/mol. The molecule has 0 aliphatic rings. The molecular formula is C18H15N5O2S. The van der Waals surface area contributed by atoms with Crippen LogP contribution in [0.4, 0.5) is 5.69 Å². The summed E-state index contributed by atoms with van der Waals surface area (Å²) >= 11 is 1.28. The second kappa shape index (κ2) is 8.18. The van der Waals surface area contributed by atoms with Gasteiger partial charge in [-0.05, 0) is 42.5 Å². The Bertz CT molecular complexity index is 947. The van der Waals surface area contributed by atoms with E-state index in [-0.39, 0.29) is 11.7 Å². The van der Waals surface area contributed by atoms with E-state index in [1.54, 1.807) is 42.3 Å². The molecule has 8 heteroatoms. The largest absolute Gasteiger partial charge is 0.497 e. The number of rotatable bonds is 6. The minimum atomic E-state index is -0.186. The molecule has 26 heavy (non-hydrogen) atoms. The number of aromatic nitrogens is 3. The Hall–Kier alpha value is -3.31. The topological polar surface area (TPSA) is 92.8 Å². The zero-order valence-electron chi connectivity index (χ0n) is 13.9. The normalized spacial score (nSPS) is 10.2. The molecule has 0 aliphatic heterocycles. The van der Waals surface area contributed by atoms with E-state index in [1.807, 2.05) is 30.3 Å². The summed E-state index contributed by atoms with van der Waals surface area (Å²) in [6.07, 6.45) is 1.60. The SMILES string of the molecule is COc1ccc(-n2cnnc2SCC(=O)Nc2cccc(C#N)c2)cc1. The Morgan fingerprint density at radius 2 is 2.12 bits per heavy atom. The van der Waals surface area contributed by atoms with Crippen molar-refractivity contribution in [2.24, 2.45) is 0 Å². The fourth-order valence-corrected chi connectivity index (χ4v) is 2.97. The van der Waals surface area contributed by atoms with Crippen molar-refractivity contribution < 1.29 is 9.53 Å². The molecule has 0 aliphatic carbocycles. The van der Waals surface area contributed by atoms with E-state index in [9.17, 15) is 4.79 Å². The molecule has 0 fully saturated rings. The number of nitrogens with one attached hydrogen (secondary N) is 1. The molecule has 0 radical (unpaired) electrons. The molecule has 130 valence electrons. The van der Waals surface area contributed by atoms with E-state index in [4.69, 9.17) is 10.00 Å². The first-order valence-corrected chi connectivity index (χ1v) is 8.65. The summed E-state index contributed by atoms with van der Waals surface area (Å²) in [4.78, 5) is 12.1. The van der Waals surface area contributed by atoms with Crippen LogP contribution < -0.4 is 10.1 Å². The van der Waals surface area contributed by atoms with Crippen LogP contribution in [0, 0.1) is 11.3 Å². The van der Waals surface area contributed by atoms with Gasteiger partial charge < -0.3 is 10.1 Å². The first-order valence-electron chi connectivity index (χ1n) is 7.67. The lowest BCUT2D eigenvalue weighted by Gasteiger charge is -2.08. The summed E-state index contributed by atoms with van der Waals surface area (Å²) in [6.45, 7) is 0. The number of amides is 1. The molecule has 7 nitrogen and oxygen atoms in total. The van der Waals surface area contributed by atoms with Crippen LogP contribution in [-0.2, 0) is 4.79 Å². The molecule has 1 heterocycles. The number of nitrogens with zero attached hydrogens (tertiary/aromatic N) is 4. The molecule has 3 aromatic rings. The highest BCUT2D eigenvalue weighted by molar-refractivity contribution is 7.99. The van der Waals surface area contributed by atoms with E-state index in [0.29, 0.717) is 16.4 Å². The maximum atomic E-state index is 12.1. The van der Waals surface area contributed by atoms with E-state index in [2.05, 4.69) is 15.5 Å². The van der Waals surface area contributed by atoms with Crippen molar-refractivity contribution in [1.82, 2.24) is 14.8 Å². The molecule has 0 unspecified atom stereocenters. The Balaban J connectivity index is 1.64. The van der Waals surface area contributed by atoms with E-state index in [1.165, 1.54) is 11.8 Å². The Morgan fingerprint density at radius 3 is 2.85 bits per heavy atom. The molecule has 1 aromatic heterocycles. The van der Waals surface area contributed by atoms with Gasteiger partial charge in [0.2, 0.25) is 5.91 Å². The lowest BCUT2D eigenvalue weighted by Crippen LogP contribution is -2.14. The standard InChI is InChI=1S/C18H15N5O2S/c1-25-16-7-5-15(6-8-16)23-12-20-22-18(23)26-11-17(24)21-14-4-2-3-13(9-14)10-19/h2-9,12H,11H2,1H3,(H,21,24). The van der Waals surface area contributed by atoms with Crippen molar-refractivity contribution in [3.63, 3.8) is 0 Å². The molecule has 0 spiro atoms. The number of methoxy groups -OCH3 is 1. The van der Waals surface area contributed by atoms with Crippen LogP contribution in [0.1, 0.15) is 5.56 Å². The summed E-state index contributed by atoms with van der Waals surface area (Å²) in [7, 11) is 1.61. The van der Waals surface area contributed by atoms with Gasteiger partial charge in [-0.1, -0.05) is 17.8 Å². The zero-order chi connectivity index (χ0) is 18.4. The second-order valence-corrected chi connectivity index (χ2v) is 6.15. The van der Waals surface area contributed by atoms with E-state index >= 15 is 0 Å². The zero-order valence-corrected chi connectivity index (χ0v) is 14.7. The third-order valence-corrected chi connectivity index (χ3v) is 4.42. The average Bonchev–Trinajstić information content (AvgIpc) is 3.15. The average molecular weight is 365 g/mol. The molecule has 1 N–H and O–H groups in total. The van der Waals surface area contributed by atoms with Gasteiger partial charge in [0.05, 0.1) is 24.5 Å². The quantitative estimate of drug-likeness (QED) is 0.675. The van der Waals surface area contributed by atoms with Gasteiger partial charge in [-0.3, -0.25) is 9.36 Å². The number of benzene rings is 2. The first kappa shape index (κ1) is 17.5. The number of ether oxygens (including phenoxy) is 1. The van der Waals surface area contributed by atoms with Crippen LogP contribution in [0.5, 0.6) is 5.75 Å². The molecule has 2 aromatic carbocycles. The monoisotopic (exact) mass is 365 g/mol. The fourth-order valence-electron chi connectivity index (χ4n) is 2.24. The van der Waals surface area contributed by atoms with Crippen LogP contribution in [0.15, 0.2) is 60.0 Å². The molecular weight excluding hydrogens is 350 g/mol. The van der Waals surface area contributed by atoms with Gasteiger partial charge in [-0.2, -0.15) is 5.26 Å². The van der Waals surface area contributed by atoms with Gasteiger partial charge in [-0.15, -0.1) is 10.2 Å². The Labute approximate surface area is 154 Å². The molecule has 0 saturated heterocycles. The van der Waals surface area contributed by atoms with Crippen molar-refractivity contribution in [3.8, 4) is 17.5 Å². The van der Waals surface area contributed by atoms with E-state index < -0.39 is 0 Å². The van der Waals surface area contributed by atoms with Crippen LogP contribution in [-0.4, -0.2) is 33.5 Å². The van der Waals surface area contributed by atoms with Gasteiger partial charge in [0.25, 0.3) is 0 Å². The third kappa shape index (κ3) is 4.20. The number of hydrogen-bond acceptors (Lipinski definition) is 6. The highest BCUT2D eigenvalue weighted by Crippen LogP contribution is 2.21. The lowest BCUT2D eigenvalue weighted by molar-refractivity contribution is -0.113. The van der Waals surface area contributed by atoms with Crippen molar-refractivity contribution >= 4 is 23.4 Å². The molecule has 0 saturated carbocycles. The van der Waals surface area contributed by atoms with Gasteiger partial charge in [0.15, 0.2) is 5.16 Å². The molecule has 1 amide bonds. The van der Waals surface area contributed by atoms with Crippen molar-refractivity contribution in [2.45, 2.75) is 5.16 Å². The minimum absolute atomic E-state index is 0.172. The summed E-state index contributed by atoms with van der Waals surface area (Å²) in [5.41, 5.74) is 1.96. The highest BCUT2D eigenvalue weighted by atomic mass is 32.2. The second-order valence-electron chi connectivity index (χ2n) is 5.21. The fraction of sp³-hybridized carbons (Fsp3) is 0.111. The number of hydrogen-bond donors (Lipinski definition) is 1. The van der Waals surface area contributed by atoms with Crippen molar-refractivity contribution in [1.29, 1.82) is 5.26 Å². The number of thioether (sulfide) groups is 1. The van der Waals surface area contributed by atoms with Crippen molar-refractivity contribution in [3.05, 3.63) is 60.4 Å². The van der Waals surface area contributed by atoms with Crippen molar-refractivity contribution in [2.75, 3.05) is 18.2 Å². The maximum Gasteiger partial charge on any atom is 0.234 e. The van der Waals surface area contributed by atoms with Gasteiger partial charge in [-0.25, -0.2) is 0 Å². The smallest absolute Gasteiger partial charge is 0.234 e. The Kier molecular flexibility index (Phi) is 5.51.